The van der Waals surface area contributed by atoms with Gasteiger partial charge in [-0.3, -0.25) is 15.0 Å². The summed E-state index contributed by atoms with van der Waals surface area (Å²) in [4.78, 5) is 27.6. The fourth-order valence-corrected chi connectivity index (χ4v) is 3.74. The van der Waals surface area contributed by atoms with E-state index in [1.807, 2.05) is 12.1 Å². The number of fused-ring (bicyclic) bond motifs is 1. The Morgan fingerprint density at radius 1 is 1.07 bits per heavy atom. The van der Waals surface area contributed by atoms with Crippen LogP contribution in [0.2, 0.25) is 0 Å². The van der Waals surface area contributed by atoms with Gasteiger partial charge in [0.1, 0.15) is 6.33 Å². The van der Waals surface area contributed by atoms with E-state index in [4.69, 9.17) is 0 Å². The Morgan fingerprint density at radius 3 is 2.43 bits per heavy atom. The highest BCUT2D eigenvalue weighted by Gasteiger charge is 2.22. The number of hydrogen-bond donors (Lipinski definition) is 3. The Hall–Kier alpha value is -3.24. The van der Waals surface area contributed by atoms with Crippen molar-refractivity contribution in [2.75, 3.05) is 10.7 Å². The molecule has 10 heteroatoms. The molecule has 0 fully saturated rings. The van der Waals surface area contributed by atoms with Crippen LogP contribution in [0.5, 0.6) is 0 Å². The van der Waals surface area contributed by atoms with Gasteiger partial charge < -0.3 is 5.32 Å². The molecule has 0 aliphatic heterocycles. The van der Waals surface area contributed by atoms with E-state index in [0.717, 1.165) is 0 Å². The Labute approximate surface area is 161 Å². The molecule has 0 bridgehead atoms. The number of sulfonamides is 1. The Balaban J connectivity index is 1.69. The lowest BCUT2D eigenvalue weighted by atomic mass is 10.3. The van der Waals surface area contributed by atoms with Crippen molar-refractivity contribution < 1.29 is 18.0 Å². The lowest BCUT2D eigenvalue weighted by Crippen LogP contribution is -2.43. The molecule has 1 atom stereocenters. The molecule has 0 unspecified atom stereocenters. The summed E-state index contributed by atoms with van der Waals surface area (Å²) in [6.07, 6.45) is 1.45. The quantitative estimate of drug-likeness (QED) is 0.577. The molecule has 1 heterocycles. The summed E-state index contributed by atoms with van der Waals surface area (Å²) in [5, 5.41) is 2.55. The second kappa shape index (κ2) is 7.79. The molecule has 9 nitrogen and oxygen atoms in total. The van der Waals surface area contributed by atoms with E-state index in [2.05, 4.69) is 20.4 Å². The van der Waals surface area contributed by atoms with Crippen LogP contribution in [0, 0.1) is 0 Å². The summed E-state index contributed by atoms with van der Waals surface area (Å²) < 4.78 is 28.8. The molecule has 2 amide bonds. The highest BCUT2D eigenvalue weighted by molar-refractivity contribution is 7.89. The van der Waals surface area contributed by atoms with E-state index in [0.29, 0.717) is 16.7 Å². The number of amides is 2. The van der Waals surface area contributed by atoms with Crippen LogP contribution >= 0.6 is 0 Å². The summed E-state index contributed by atoms with van der Waals surface area (Å²) in [6, 6.07) is 11.8. The second-order valence-corrected chi connectivity index (χ2v) is 7.84. The normalized spacial score (nSPS) is 12.5. The van der Waals surface area contributed by atoms with Gasteiger partial charge in [-0.25, -0.2) is 18.1 Å². The zero-order valence-corrected chi connectivity index (χ0v) is 16.0. The van der Waals surface area contributed by atoms with Crippen LogP contribution in [-0.4, -0.2) is 35.9 Å². The Bertz CT molecular complexity index is 1120. The fourth-order valence-electron chi connectivity index (χ4n) is 2.54. The van der Waals surface area contributed by atoms with Crippen molar-refractivity contribution >= 4 is 38.6 Å². The molecular formula is C18H19N5O4S. The van der Waals surface area contributed by atoms with Gasteiger partial charge in [-0.1, -0.05) is 12.1 Å². The predicted molar refractivity (Wildman–Crippen MR) is 105 cm³/mol. The number of nitrogens with one attached hydrogen (secondary N) is 3. The average Bonchev–Trinajstić information content (AvgIpc) is 3.04. The van der Waals surface area contributed by atoms with Gasteiger partial charge in [0.2, 0.25) is 15.9 Å². The molecule has 0 saturated heterocycles. The number of hydrogen-bond acceptors (Lipinski definition) is 5. The van der Waals surface area contributed by atoms with Crippen LogP contribution in [0.4, 0.5) is 5.69 Å². The average molecular weight is 401 g/mol. The third kappa shape index (κ3) is 4.35. The summed E-state index contributed by atoms with van der Waals surface area (Å²) >= 11 is 0. The van der Waals surface area contributed by atoms with E-state index in [1.165, 1.54) is 49.1 Å². The fraction of sp³-hybridized carbons (Fsp3) is 0.167. The molecule has 28 heavy (non-hydrogen) atoms. The maximum absolute atomic E-state index is 12.5. The maximum Gasteiger partial charge on any atom is 0.256 e. The van der Waals surface area contributed by atoms with Crippen LogP contribution < -0.4 is 15.5 Å². The minimum atomic E-state index is -3.92. The first kappa shape index (κ1) is 19.5. The van der Waals surface area contributed by atoms with Crippen LogP contribution in [0.25, 0.3) is 11.0 Å². The molecule has 3 rings (SSSR count). The molecule has 3 N–H and O–H groups in total. The molecule has 146 valence electrons. The standard InChI is InChI=1S/C18H19N5O4S/c1-12(18(25)21-23-11-19-16-5-3-4-6-17(16)23)22-28(26,27)15-9-7-14(8-10-15)20-13(2)24/h3-12,22H,1-2H3,(H,20,24)(H,21,25)/t12-/m0/s1. The van der Waals surface area contributed by atoms with Crippen molar-refractivity contribution in [2.24, 2.45) is 0 Å². The number of carbonyl (C=O) groups excluding carboxylic acids is 2. The monoisotopic (exact) mass is 401 g/mol. The number of benzene rings is 2. The van der Waals surface area contributed by atoms with Gasteiger partial charge in [0.05, 0.1) is 22.0 Å². The molecule has 1 aromatic heterocycles. The molecule has 3 aromatic rings. The van der Waals surface area contributed by atoms with Crippen molar-refractivity contribution in [1.82, 2.24) is 14.4 Å². The predicted octanol–water partition coefficient (Wildman–Crippen LogP) is 1.43. The van der Waals surface area contributed by atoms with Gasteiger partial charge in [0.25, 0.3) is 5.91 Å². The van der Waals surface area contributed by atoms with Crippen molar-refractivity contribution in [2.45, 2.75) is 24.8 Å². The van der Waals surface area contributed by atoms with Crippen LogP contribution in [0.15, 0.2) is 59.8 Å². The number of nitrogens with zero attached hydrogens (tertiary/aromatic N) is 2. The summed E-state index contributed by atoms with van der Waals surface area (Å²) in [7, 11) is -3.92. The first-order valence-electron chi connectivity index (χ1n) is 8.39. The second-order valence-electron chi connectivity index (χ2n) is 6.13. The molecule has 0 radical (unpaired) electrons. The third-order valence-electron chi connectivity index (χ3n) is 3.89. The SMILES string of the molecule is CC(=O)Nc1ccc(S(=O)(=O)N[C@@H](C)C(=O)Nn2cnc3ccccc32)cc1. The van der Waals surface area contributed by atoms with Gasteiger partial charge in [0.15, 0.2) is 0 Å². The number of aromatic nitrogens is 2. The number of rotatable bonds is 6. The van der Waals surface area contributed by atoms with Crippen LogP contribution in [-0.2, 0) is 19.6 Å². The molecule has 0 spiro atoms. The van der Waals surface area contributed by atoms with Gasteiger partial charge in [-0.2, -0.15) is 4.72 Å². The first-order chi connectivity index (χ1) is 13.3. The van der Waals surface area contributed by atoms with Crippen molar-refractivity contribution in [1.29, 1.82) is 0 Å². The van der Waals surface area contributed by atoms with Crippen LogP contribution in [0.3, 0.4) is 0 Å². The van der Waals surface area contributed by atoms with Crippen molar-refractivity contribution in [3.63, 3.8) is 0 Å². The molecular weight excluding hydrogens is 382 g/mol. The number of carbonyl (C=O) groups is 2. The van der Waals surface area contributed by atoms with Gasteiger partial charge in [-0.05, 0) is 43.3 Å². The molecule has 0 aliphatic rings. The largest absolute Gasteiger partial charge is 0.326 e. The molecule has 0 aliphatic carbocycles. The third-order valence-corrected chi connectivity index (χ3v) is 5.45. The summed E-state index contributed by atoms with van der Waals surface area (Å²) in [5.74, 6) is -0.798. The maximum atomic E-state index is 12.5. The zero-order valence-electron chi connectivity index (χ0n) is 15.2. The first-order valence-corrected chi connectivity index (χ1v) is 9.87. The van der Waals surface area contributed by atoms with Crippen molar-refractivity contribution in [3.05, 3.63) is 54.9 Å². The summed E-state index contributed by atoms with van der Waals surface area (Å²) in [6.45, 7) is 2.80. The molecule has 0 saturated carbocycles. The zero-order chi connectivity index (χ0) is 20.3. The highest BCUT2D eigenvalue weighted by Crippen LogP contribution is 2.15. The number of imidazole rings is 1. The molecule has 2 aromatic carbocycles. The minimum absolute atomic E-state index is 0.0191. The number of anilines is 1. The van der Waals surface area contributed by atoms with E-state index in [-0.39, 0.29) is 10.8 Å². The smallest absolute Gasteiger partial charge is 0.256 e. The summed E-state index contributed by atoms with van der Waals surface area (Å²) in [5.41, 5.74) is 4.48. The highest BCUT2D eigenvalue weighted by atomic mass is 32.2. The lowest BCUT2D eigenvalue weighted by Gasteiger charge is -2.15. The van der Waals surface area contributed by atoms with E-state index < -0.39 is 22.0 Å². The van der Waals surface area contributed by atoms with Crippen molar-refractivity contribution in [3.8, 4) is 0 Å². The van der Waals surface area contributed by atoms with Crippen LogP contribution in [0.1, 0.15) is 13.8 Å². The van der Waals surface area contributed by atoms with Gasteiger partial charge in [0, 0.05) is 12.6 Å². The van der Waals surface area contributed by atoms with E-state index in [1.54, 1.807) is 12.1 Å². The van der Waals surface area contributed by atoms with Gasteiger partial charge >= 0.3 is 0 Å². The minimum Gasteiger partial charge on any atom is -0.326 e. The Kier molecular flexibility index (Phi) is 5.43. The topological polar surface area (TPSA) is 122 Å². The number of para-hydroxylation sites is 2. The van der Waals surface area contributed by atoms with Gasteiger partial charge in [-0.15, -0.1) is 0 Å². The lowest BCUT2D eigenvalue weighted by molar-refractivity contribution is -0.118. The van der Waals surface area contributed by atoms with E-state index >= 15 is 0 Å². The Morgan fingerprint density at radius 2 is 1.75 bits per heavy atom. The van der Waals surface area contributed by atoms with E-state index in [9.17, 15) is 18.0 Å².